The highest BCUT2D eigenvalue weighted by Crippen LogP contribution is 2.37. The Morgan fingerprint density at radius 1 is 1.24 bits per heavy atom. The van der Waals surface area contributed by atoms with Gasteiger partial charge in [-0.25, -0.2) is 9.97 Å². The number of anilines is 2. The number of rotatable bonds is 5. The topological polar surface area (TPSA) is 47.0 Å². The summed E-state index contributed by atoms with van der Waals surface area (Å²) in [5.41, 5.74) is 1.13. The predicted molar refractivity (Wildman–Crippen MR) is 91.6 cm³/mol. The Morgan fingerprint density at radius 2 is 2.00 bits per heavy atom. The number of aromatic nitrogens is 2. The summed E-state index contributed by atoms with van der Waals surface area (Å²) in [7, 11) is -1.72. The van der Waals surface area contributed by atoms with E-state index in [4.69, 9.17) is 4.43 Å². The third kappa shape index (κ3) is 4.36. The molecule has 0 bridgehead atoms. The number of nitrogens with one attached hydrogen (secondary N) is 1. The molecule has 0 aromatic carbocycles. The molecule has 0 fully saturated rings. The molecule has 6 heteroatoms. The van der Waals surface area contributed by atoms with Crippen molar-refractivity contribution in [3.63, 3.8) is 0 Å². The van der Waals surface area contributed by atoms with Crippen molar-refractivity contribution in [1.29, 1.82) is 0 Å². The van der Waals surface area contributed by atoms with Gasteiger partial charge in [0.15, 0.2) is 13.4 Å². The second-order valence-electron chi connectivity index (χ2n) is 6.56. The molecule has 0 aliphatic carbocycles. The molecule has 0 aliphatic heterocycles. The number of nitrogens with zero attached hydrogens (tertiary/aromatic N) is 2. The lowest BCUT2D eigenvalue weighted by atomic mass is 10.2. The van der Waals surface area contributed by atoms with Gasteiger partial charge in [-0.1, -0.05) is 20.8 Å². The van der Waals surface area contributed by atoms with Crippen molar-refractivity contribution in [3.05, 3.63) is 35.5 Å². The first-order chi connectivity index (χ1) is 9.78. The fraction of sp³-hybridized carbons (Fsp3) is 0.467. The van der Waals surface area contributed by atoms with Crippen LogP contribution in [0.5, 0.6) is 0 Å². The van der Waals surface area contributed by atoms with Crippen molar-refractivity contribution in [1.82, 2.24) is 9.97 Å². The van der Waals surface area contributed by atoms with E-state index >= 15 is 0 Å². The molecule has 1 N–H and O–H groups in total. The molecule has 2 rings (SSSR count). The van der Waals surface area contributed by atoms with E-state index in [1.54, 1.807) is 23.7 Å². The van der Waals surface area contributed by atoms with E-state index in [1.165, 1.54) is 0 Å². The van der Waals surface area contributed by atoms with Gasteiger partial charge in [-0.15, -0.1) is 11.3 Å². The Bertz CT molecular complexity index is 579. The maximum absolute atomic E-state index is 6.24. The van der Waals surface area contributed by atoms with Crippen LogP contribution in [-0.2, 0) is 11.0 Å². The molecule has 0 saturated carbocycles. The van der Waals surface area contributed by atoms with E-state index in [0.29, 0.717) is 6.61 Å². The highest BCUT2D eigenvalue weighted by Gasteiger charge is 2.36. The van der Waals surface area contributed by atoms with E-state index < -0.39 is 8.32 Å². The van der Waals surface area contributed by atoms with Gasteiger partial charge >= 0.3 is 0 Å². The molecule has 2 heterocycles. The molecule has 0 aliphatic rings. The van der Waals surface area contributed by atoms with Gasteiger partial charge in [-0.3, -0.25) is 0 Å². The lowest BCUT2D eigenvalue weighted by Gasteiger charge is -2.36. The summed E-state index contributed by atoms with van der Waals surface area (Å²) in [6, 6.07) is 4.02. The minimum atomic E-state index is -1.72. The summed E-state index contributed by atoms with van der Waals surface area (Å²) < 4.78 is 6.24. The number of pyridine rings is 1. The van der Waals surface area contributed by atoms with Crippen molar-refractivity contribution in [2.75, 3.05) is 5.32 Å². The Kier molecular flexibility index (Phi) is 4.80. The highest BCUT2D eigenvalue weighted by molar-refractivity contribution is 7.13. The van der Waals surface area contributed by atoms with Crippen LogP contribution in [0.3, 0.4) is 0 Å². The van der Waals surface area contributed by atoms with E-state index in [0.717, 1.165) is 16.5 Å². The van der Waals surface area contributed by atoms with Crippen LogP contribution in [-0.4, -0.2) is 18.3 Å². The second-order valence-corrected chi connectivity index (χ2v) is 12.3. The zero-order valence-corrected chi connectivity index (χ0v) is 15.1. The van der Waals surface area contributed by atoms with Gasteiger partial charge in [-0.2, -0.15) is 0 Å². The van der Waals surface area contributed by atoms with Crippen LogP contribution in [0.2, 0.25) is 18.1 Å². The van der Waals surface area contributed by atoms with Crippen LogP contribution in [0.4, 0.5) is 10.9 Å². The number of hydrogen-bond acceptors (Lipinski definition) is 5. The molecule has 2 aromatic rings. The second kappa shape index (κ2) is 6.25. The first kappa shape index (κ1) is 16.1. The van der Waals surface area contributed by atoms with Crippen LogP contribution in [0, 0.1) is 0 Å². The van der Waals surface area contributed by atoms with Crippen LogP contribution in [0.1, 0.15) is 26.3 Å². The summed E-state index contributed by atoms with van der Waals surface area (Å²) in [6.45, 7) is 11.9. The van der Waals surface area contributed by atoms with E-state index in [9.17, 15) is 0 Å². The fourth-order valence-corrected chi connectivity index (χ4v) is 3.00. The number of hydrogen-bond donors (Lipinski definition) is 1. The summed E-state index contributed by atoms with van der Waals surface area (Å²) in [6.07, 6.45) is 3.58. The average Bonchev–Trinajstić information content (AvgIpc) is 2.88. The molecule has 0 amide bonds. The Hall–Kier alpha value is -1.24. The van der Waals surface area contributed by atoms with Gasteiger partial charge in [-0.05, 0) is 35.8 Å². The molecule has 2 aromatic heterocycles. The van der Waals surface area contributed by atoms with Gasteiger partial charge in [0.1, 0.15) is 5.82 Å². The van der Waals surface area contributed by atoms with Gasteiger partial charge < -0.3 is 9.74 Å². The fourth-order valence-electron chi connectivity index (χ4n) is 1.51. The molecule has 0 unspecified atom stereocenters. The van der Waals surface area contributed by atoms with Crippen LogP contribution >= 0.6 is 11.3 Å². The van der Waals surface area contributed by atoms with Crippen molar-refractivity contribution < 1.29 is 4.43 Å². The van der Waals surface area contributed by atoms with E-state index in [1.807, 2.05) is 17.5 Å². The van der Waals surface area contributed by atoms with E-state index in [-0.39, 0.29) is 5.04 Å². The quantitative estimate of drug-likeness (QED) is 0.803. The molecule has 0 spiro atoms. The predicted octanol–water partition coefficient (Wildman–Crippen LogP) is 4.80. The molecule has 0 radical (unpaired) electrons. The third-order valence-electron chi connectivity index (χ3n) is 3.90. The molecule has 21 heavy (non-hydrogen) atoms. The van der Waals surface area contributed by atoms with E-state index in [2.05, 4.69) is 49.1 Å². The zero-order valence-electron chi connectivity index (χ0n) is 13.3. The average molecular weight is 322 g/mol. The van der Waals surface area contributed by atoms with Crippen molar-refractivity contribution in [2.45, 2.75) is 45.5 Å². The van der Waals surface area contributed by atoms with Gasteiger partial charge in [0.2, 0.25) is 0 Å². The van der Waals surface area contributed by atoms with Crippen molar-refractivity contribution in [2.24, 2.45) is 0 Å². The minimum Gasteiger partial charge on any atom is -0.413 e. The first-order valence-corrected chi connectivity index (χ1v) is 10.8. The molecule has 4 nitrogen and oxygen atoms in total. The largest absolute Gasteiger partial charge is 0.413 e. The lowest BCUT2D eigenvalue weighted by Crippen LogP contribution is -2.40. The Balaban J connectivity index is 2.01. The van der Waals surface area contributed by atoms with Gasteiger partial charge in [0.25, 0.3) is 0 Å². The summed E-state index contributed by atoms with van der Waals surface area (Å²) in [5, 5.41) is 6.22. The third-order valence-corrected chi connectivity index (χ3v) is 9.06. The maximum Gasteiger partial charge on any atom is 0.192 e. The summed E-state index contributed by atoms with van der Waals surface area (Å²) in [4.78, 5) is 8.52. The lowest BCUT2D eigenvalue weighted by molar-refractivity contribution is 0.276. The highest BCUT2D eigenvalue weighted by atomic mass is 32.1. The van der Waals surface area contributed by atoms with Crippen LogP contribution < -0.4 is 5.32 Å². The van der Waals surface area contributed by atoms with Crippen LogP contribution in [0.25, 0.3) is 0 Å². The van der Waals surface area contributed by atoms with Crippen molar-refractivity contribution >= 4 is 30.6 Å². The zero-order chi connectivity index (χ0) is 15.5. The SMILES string of the molecule is CC(C)(C)[Si](C)(C)OCc1ccnc(Nc2nccs2)c1. The summed E-state index contributed by atoms with van der Waals surface area (Å²) in [5.74, 6) is 0.807. The monoisotopic (exact) mass is 321 g/mol. The minimum absolute atomic E-state index is 0.224. The molecule has 0 saturated heterocycles. The first-order valence-electron chi connectivity index (χ1n) is 7.03. The molecule has 114 valence electrons. The normalized spacial score (nSPS) is 12.4. The smallest absolute Gasteiger partial charge is 0.192 e. The Labute approximate surface area is 131 Å². The maximum atomic E-state index is 6.24. The molecular weight excluding hydrogens is 298 g/mol. The molecule has 0 atom stereocenters. The molecular formula is C15H23N3OSSi. The Morgan fingerprint density at radius 3 is 2.62 bits per heavy atom. The summed E-state index contributed by atoms with van der Waals surface area (Å²) >= 11 is 1.56. The van der Waals surface area contributed by atoms with Gasteiger partial charge in [0.05, 0.1) is 6.61 Å². The number of thiazole rings is 1. The standard InChI is InChI=1S/C15H23N3OSSi/c1-15(2,3)21(4,5)19-11-12-6-7-16-13(10-12)18-14-17-8-9-20-14/h6-10H,11H2,1-5H3,(H,16,17,18). The van der Waals surface area contributed by atoms with Crippen LogP contribution in [0.15, 0.2) is 29.9 Å². The van der Waals surface area contributed by atoms with Crippen molar-refractivity contribution in [3.8, 4) is 0 Å². The van der Waals surface area contributed by atoms with Gasteiger partial charge in [0, 0.05) is 17.8 Å².